The van der Waals surface area contributed by atoms with E-state index in [2.05, 4.69) is 38.1 Å². The molecule has 0 saturated carbocycles. The Bertz CT molecular complexity index is 1470. The monoisotopic (exact) mass is 497 g/mol. The number of amides is 3. The van der Waals surface area contributed by atoms with E-state index in [0.717, 1.165) is 34.9 Å². The van der Waals surface area contributed by atoms with E-state index in [9.17, 15) is 14.4 Å². The van der Waals surface area contributed by atoms with Crippen molar-refractivity contribution in [2.75, 3.05) is 25.0 Å². The molecule has 3 N–H and O–H groups in total. The summed E-state index contributed by atoms with van der Waals surface area (Å²) in [6.07, 6.45) is 5.16. The second kappa shape index (κ2) is 9.53. The molecule has 10 nitrogen and oxygen atoms in total. The number of benzene rings is 2. The topological polar surface area (TPSA) is 125 Å². The zero-order chi connectivity index (χ0) is 25.4. The number of hydrogen-bond donors (Lipinski definition) is 3. The van der Waals surface area contributed by atoms with Gasteiger partial charge in [-0.15, -0.1) is 0 Å². The minimum atomic E-state index is -0.354. The fourth-order valence-corrected chi connectivity index (χ4v) is 5.11. The number of rotatable bonds is 5. The molecule has 2 aliphatic heterocycles. The van der Waals surface area contributed by atoms with Crippen LogP contribution in [0, 0.1) is 5.92 Å². The van der Waals surface area contributed by atoms with Gasteiger partial charge >= 0.3 is 0 Å². The number of anilines is 1. The van der Waals surface area contributed by atoms with Crippen molar-refractivity contribution in [3.63, 3.8) is 0 Å². The number of piperidine rings is 1. The maximum Gasteiger partial charge on any atom is 0.274 e. The summed E-state index contributed by atoms with van der Waals surface area (Å²) >= 11 is 0. The Balaban J connectivity index is 1.08. The third-order valence-corrected chi connectivity index (χ3v) is 7.22. The average Bonchev–Trinajstić information content (AvgIpc) is 3.68. The van der Waals surface area contributed by atoms with E-state index in [1.54, 1.807) is 6.20 Å². The lowest BCUT2D eigenvalue weighted by atomic mass is 10.0. The van der Waals surface area contributed by atoms with Gasteiger partial charge in [0.05, 0.1) is 29.4 Å². The first kappa shape index (κ1) is 23.0. The largest absolute Gasteiger partial charge is 0.355 e. The summed E-state index contributed by atoms with van der Waals surface area (Å²) in [4.78, 5) is 38.9. The molecule has 0 bridgehead atoms. The number of nitrogens with zero attached hydrogens (tertiary/aromatic N) is 4. The molecule has 1 unspecified atom stereocenters. The highest BCUT2D eigenvalue weighted by Crippen LogP contribution is 2.28. The van der Waals surface area contributed by atoms with E-state index in [1.165, 1.54) is 0 Å². The SMILES string of the molecule is O=C1CC(C(=O)Nc2cnn(C3CCN(C(=O)c4n[nH]c5cc(-c6ccccc6)ccc45)CC3)c2)CN1. The minimum Gasteiger partial charge on any atom is -0.355 e. The van der Waals surface area contributed by atoms with Crippen molar-refractivity contribution in [1.82, 2.24) is 30.2 Å². The third kappa shape index (κ3) is 4.57. The summed E-state index contributed by atoms with van der Waals surface area (Å²) < 4.78 is 1.85. The van der Waals surface area contributed by atoms with Crippen LogP contribution < -0.4 is 10.6 Å². The van der Waals surface area contributed by atoms with Crippen LogP contribution in [-0.2, 0) is 9.59 Å². The zero-order valence-electron chi connectivity index (χ0n) is 20.2. The van der Waals surface area contributed by atoms with Gasteiger partial charge in [0, 0.05) is 37.6 Å². The van der Waals surface area contributed by atoms with Crippen LogP contribution in [0.4, 0.5) is 5.69 Å². The summed E-state index contributed by atoms with van der Waals surface area (Å²) in [7, 11) is 0. The van der Waals surface area contributed by atoms with Crippen LogP contribution in [0.2, 0.25) is 0 Å². The highest BCUT2D eigenvalue weighted by Gasteiger charge is 2.29. The predicted octanol–water partition coefficient (Wildman–Crippen LogP) is 2.98. The molecule has 2 fully saturated rings. The summed E-state index contributed by atoms with van der Waals surface area (Å²) in [6, 6.07) is 16.2. The molecule has 37 heavy (non-hydrogen) atoms. The van der Waals surface area contributed by atoms with E-state index >= 15 is 0 Å². The molecule has 10 heteroatoms. The van der Waals surface area contributed by atoms with Crippen molar-refractivity contribution in [3.05, 3.63) is 66.6 Å². The molecule has 4 heterocycles. The highest BCUT2D eigenvalue weighted by molar-refractivity contribution is 6.05. The maximum atomic E-state index is 13.3. The van der Waals surface area contributed by atoms with Crippen molar-refractivity contribution in [3.8, 4) is 11.1 Å². The van der Waals surface area contributed by atoms with Gasteiger partial charge < -0.3 is 15.5 Å². The number of carbonyl (C=O) groups is 3. The van der Waals surface area contributed by atoms with Crippen LogP contribution in [0.3, 0.4) is 0 Å². The van der Waals surface area contributed by atoms with Crippen LogP contribution in [0.25, 0.3) is 22.0 Å². The standard InChI is InChI=1S/C27H27N7O3/c35-24-13-19(14-28-24)26(36)30-20-15-29-34(16-20)21-8-10-33(11-9-21)27(37)25-22-7-6-18(12-23(22)31-32-25)17-4-2-1-3-5-17/h1-7,12,15-16,19,21H,8-11,13-14H2,(H,28,35)(H,30,36)(H,31,32). The van der Waals surface area contributed by atoms with Crippen molar-refractivity contribution in [1.29, 1.82) is 0 Å². The number of likely N-dealkylation sites (tertiary alicyclic amines) is 1. The molecule has 0 spiro atoms. The van der Waals surface area contributed by atoms with Gasteiger partial charge in [0.15, 0.2) is 5.69 Å². The first-order valence-corrected chi connectivity index (χ1v) is 12.5. The molecule has 4 aromatic rings. The Morgan fingerprint density at radius 2 is 1.84 bits per heavy atom. The Labute approximate surface area is 213 Å². The van der Waals surface area contributed by atoms with Crippen LogP contribution in [0.15, 0.2) is 60.9 Å². The van der Waals surface area contributed by atoms with Gasteiger partial charge in [-0.05, 0) is 36.1 Å². The molecular weight excluding hydrogens is 470 g/mol. The van der Waals surface area contributed by atoms with Gasteiger partial charge in [0.2, 0.25) is 11.8 Å². The second-order valence-electron chi connectivity index (χ2n) is 9.63. The second-order valence-corrected chi connectivity index (χ2v) is 9.63. The molecular formula is C27H27N7O3. The van der Waals surface area contributed by atoms with Gasteiger partial charge in [-0.2, -0.15) is 10.2 Å². The summed E-state index contributed by atoms with van der Waals surface area (Å²) in [6.45, 7) is 1.56. The van der Waals surface area contributed by atoms with Crippen LogP contribution in [0.5, 0.6) is 0 Å². The molecule has 3 amide bonds. The van der Waals surface area contributed by atoms with Gasteiger partial charge in [-0.25, -0.2) is 0 Å². The van der Waals surface area contributed by atoms with E-state index in [0.29, 0.717) is 31.0 Å². The van der Waals surface area contributed by atoms with Crippen LogP contribution >= 0.6 is 0 Å². The van der Waals surface area contributed by atoms with Gasteiger partial charge in [-0.3, -0.25) is 24.2 Å². The third-order valence-electron chi connectivity index (χ3n) is 7.22. The highest BCUT2D eigenvalue weighted by atomic mass is 16.2. The van der Waals surface area contributed by atoms with Crippen molar-refractivity contribution in [2.24, 2.45) is 5.92 Å². The van der Waals surface area contributed by atoms with E-state index < -0.39 is 0 Å². The predicted molar refractivity (Wildman–Crippen MR) is 138 cm³/mol. The van der Waals surface area contributed by atoms with Crippen molar-refractivity contribution < 1.29 is 14.4 Å². The molecule has 2 aromatic heterocycles. The number of H-pyrrole nitrogens is 1. The minimum absolute atomic E-state index is 0.0784. The number of carbonyl (C=O) groups excluding carboxylic acids is 3. The molecule has 2 aromatic carbocycles. The number of hydrogen-bond acceptors (Lipinski definition) is 5. The number of aromatic amines is 1. The molecule has 1 atom stereocenters. The maximum absolute atomic E-state index is 13.3. The van der Waals surface area contributed by atoms with E-state index in [-0.39, 0.29) is 36.1 Å². The fraction of sp³-hybridized carbons (Fsp3) is 0.296. The Morgan fingerprint density at radius 3 is 2.59 bits per heavy atom. The molecule has 2 saturated heterocycles. The number of nitrogens with one attached hydrogen (secondary N) is 3. The normalized spacial score (nSPS) is 18.2. The van der Waals surface area contributed by atoms with Crippen molar-refractivity contribution >= 4 is 34.3 Å². The molecule has 0 aliphatic carbocycles. The Hall–Kier alpha value is -4.47. The van der Waals surface area contributed by atoms with Crippen LogP contribution in [0.1, 0.15) is 35.8 Å². The molecule has 188 valence electrons. The molecule has 0 radical (unpaired) electrons. The summed E-state index contributed by atoms with van der Waals surface area (Å²) in [5, 5.41) is 18.1. The fourth-order valence-electron chi connectivity index (χ4n) is 5.11. The summed E-state index contributed by atoms with van der Waals surface area (Å²) in [5.41, 5.74) is 4.07. The van der Waals surface area contributed by atoms with Gasteiger partial charge in [-0.1, -0.05) is 36.4 Å². The number of aromatic nitrogens is 4. The Morgan fingerprint density at radius 1 is 1.03 bits per heavy atom. The van der Waals surface area contributed by atoms with E-state index in [1.807, 2.05) is 52.2 Å². The lowest BCUT2D eigenvalue weighted by molar-refractivity contribution is -0.123. The smallest absolute Gasteiger partial charge is 0.274 e. The number of fused-ring (bicyclic) bond motifs is 1. The first-order chi connectivity index (χ1) is 18.0. The quantitative estimate of drug-likeness (QED) is 0.391. The Kier molecular flexibility index (Phi) is 5.91. The molecule has 2 aliphatic rings. The summed E-state index contributed by atoms with van der Waals surface area (Å²) in [5.74, 6) is -0.712. The van der Waals surface area contributed by atoms with E-state index in [4.69, 9.17) is 0 Å². The van der Waals surface area contributed by atoms with Gasteiger partial charge in [0.25, 0.3) is 5.91 Å². The average molecular weight is 498 g/mol. The first-order valence-electron chi connectivity index (χ1n) is 12.5. The van der Waals surface area contributed by atoms with Crippen LogP contribution in [-0.4, -0.2) is 62.2 Å². The lowest BCUT2D eigenvalue weighted by Crippen LogP contribution is -2.39. The lowest BCUT2D eigenvalue weighted by Gasteiger charge is -2.31. The van der Waals surface area contributed by atoms with Gasteiger partial charge in [0.1, 0.15) is 0 Å². The zero-order valence-corrected chi connectivity index (χ0v) is 20.2. The molecule has 6 rings (SSSR count). The van der Waals surface area contributed by atoms with Crippen molar-refractivity contribution in [2.45, 2.75) is 25.3 Å².